The van der Waals surface area contributed by atoms with E-state index in [-0.39, 0.29) is 36.9 Å². The second-order valence-corrected chi connectivity index (χ2v) is 7.79. The normalized spacial score (nSPS) is 17.2. The summed E-state index contributed by atoms with van der Waals surface area (Å²) in [5.41, 5.74) is 2.07. The number of carbonyl (C=O) groups is 1. The quantitative estimate of drug-likeness (QED) is 0.580. The van der Waals surface area contributed by atoms with Gasteiger partial charge in [0.1, 0.15) is 6.61 Å². The number of methoxy groups -OCH3 is 2. The maximum Gasteiger partial charge on any atom is 0.246 e. The lowest BCUT2D eigenvalue weighted by molar-refractivity contribution is -0.126. The number of halogens is 1. The van der Waals surface area contributed by atoms with Gasteiger partial charge in [0.05, 0.1) is 25.5 Å². The van der Waals surface area contributed by atoms with Gasteiger partial charge in [-0.2, -0.15) is 0 Å². The van der Waals surface area contributed by atoms with E-state index in [1.165, 1.54) is 12.7 Å². The van der Waals surface area contributed by atoms with Gasteiger partial charge in [-0.15, -0.1) is 12.4 Å². The molecule has 1 fully saturated rings. The maximum absolute atomic E-state index is 12.3. The summed E-state index contributed by atoms with van der Waals surface area (Å²) in [6.07, 6.45) is 3.89. The van der Waals surface area contributed by atoms with Crippen LogP contribution in [-0.2, 0) is 16.1 Å². The minimum absolute atomic E-state index is 0. The van der Waals surface area contributed by atoms with Crippen LogP contribution in [0, 0.1) is 5.92 Å². The average Bonchev–Trinajstić information content (AvgIpc) is 2.79. The minimum Gasteiger partial charge on any atom is -0.493 e. The van der Waals surface area contributed by atoms with Gasteiger partial charge in [0.25, 0.3) is 0 Å². The van der Waals surface area contributed by atoms with E-state index in [9.17, 15) is 4.79 Å². The standard InChI is InChI=1S/C24H33N3O4.ClH/c1-4-31-21-11-10-18(14-22(21)30-3)15-27-13-7-8-19(16-27)24(26-23(28)17-29-2)20-9-5-6-12-25-20;/h5-6,9-12,14,19,24H,4,7-8,13,15-17H2,1-3H3,(H,26,28);1H. The fourth-order valence-electron chi connectivity index (χ4n) is 4.19. The van der Waals surface area contributed by atoms with Crippen LogP contribution in [0.5, 0.6) is 11.5 Å². The van der Waals surface area contributed by atoms with Gasteiger partial charge in [-0.25, -0.2) is 0 Å². The Bertz CT molecular complexity index is 837. The molecule has 1 aliphatic rings. The van der Waals surface area contributed by atoms with Crippen molar-refractivity contribution in [1.82, 2.24) is 15.2 Å². The Balaban J connectivity index is 0.00000363. The zero-order valence-corrected chi connectivity index (χ0v) is 19.9. The first-order valence-corrected chi connectivity index (χ1v) is 10.9. The summed E-state index contributed by atoms with van der Waals surface area (Å²) in [6, 6.07) is 11.8. The molecule has 0 radical (unpaired) electrons. The Morgan fingerprint density at radius 3 is 2.78 bits per heavy atom. The van der Waals surface area contributed by atoms with Crippen LogP contribution in [0.4, 0.5) is 0 Å². The molecule has 1 aromatic heterocycles. The van der Waals surface area contributed by atoms with Gasteiger partial charge in [-0.3, -0.25) is 14.7 Å². The number of carbonyl (C=O) groups excluding carboxylic acids is 1. The fourth-order valence-corrected chi connectivity index (χ4v) is 4.19. The number of hydrogen-bond acceptors (Lipinski definition) is 6. The van der Waals surface area contributed by atoms with E-state index < -0.39 is 0 Å². The molecular formula is C24H34ClN3O4. The lowest BCUT2D eigenvalue weighted by Crippen LogP contribution is -2.43. The van der Waals surface area contributed by atoms with Crippen molar-refractivity contribution >= 4 is 18.3 Å². The molecule has 3 rings (SSSR count). The van der Waals surface area contributed by atoms with E-state index >= 15 is 0 Å². The second-order valence-electron chi connectivity index (χ2n) is 7.79. The molecule has 7 nitrogen and oxygen atoms in total. The molecule has 0 aliphatic carbocycles. The monoisotopic (exact) mass is 463 g/mol. The van der Waals surface area contributed by atoms with Crippen molar-refractivity contribution in [3.8, 4) is 11.5 Å². The molecule has 1 aliphatic heterocycles. The third-order valence-corrected chi connectivity index (χ3v) is 5.55. The van der Waals surface area contributed by atoms with E-state index in [1.54, 1.807) is 13.3 Å². The number of pyridine rings is 1. The van der Waals surface area contributed by atoms with Gasteiger partial charge in [-0.05, 0) is 62.1 Å². The zero-order valence-electron chi connectivity index (χ0n) is 19.1. The molecule has 1 amide bonds. The summed E-state index contributed by atoms with van der Waals surface area (Å²) in [4.78, 5) is 19.2. The molecule has 2 aromatic rings. The van der Waals surface area contributed by atoms with Gasteiger partial charge < -0.3 is 19.5 Å². The molecule has 1 saturated heterocycles. The first-order chi connectivity index (χ1) is 15.1. The molecule has 2 atom stereocenters. The Kier molecular flexibility index (Phi) is 10.7. The molecule has 2 unspecified atom stereocenters. The van der Waals surface area contributed by atoms with E-state index in [4.69, 9.17) is 14.2 Å². The molecule has 0 spiro atoms. The van der Waals surface area contributed by atoms with Crippen molar-refractivity contribution in [2.75, 3.05) is 40.5 Å². The number of benzene rings is 1. The van der Waals surface area contributed by atoms with Crippen molar-refractivity contribution in [1.29, 1.82) is 0 Å². The summed E-state index contributed by atoms with van der Waals surface area (Å²) < 4.78 is 16.1. The number of nitrogens with one attached hydrogen (secondary N) is 1. The van der Waals surface area contributed by atoms with Gasteiger partial charge in [-0.1, -0.05) is 12.1 Å². The van der Waals surface area contributed by atoms with Crippen LogP contribution in [0.25, 0.3) is 0 Å². The Morgan fingerprint density at radius 2 is 2.09 bits per heavy atom. The lowest BCUT2D eigenvalue weighted by atomic mass is 9.88. The van der Waals surface area contributed by atoms with Crippen LogP contribution in [0.3, 0.4) is 0 Å². The second kappa shape index (κ2) is 13.3. The highest BCUT2D eigenvalue weighted by Gasteiger charge is 2.30. The number of ether oxygens (including phenoxy) is 3. The SMILES string of the molecule is CCOc1ccc(CN2CCCC(C(NC(=O)COC)c3ccccn3)C2)cc1OC.Cl. The number of piperidine rings is 1. The minimum atomic E-state index is -0.137. The highest BCUT2D eigenvalue weighted by atomic mass is 35.5. The highest BCUT2D eigenvalue weighted by molar-refractivity contribution is 5.85. The molecule has 1 N–H and O–H groups in total. The van der Waals surface area contributed by atoms with E-state index in [0.29, 0.717) is 6.61 Å². The van der Waals surface area contributed by atoms with Crippen LogP contribution in [0.1, 0.15) is 37.1 Å². The molecule has 8 heteroatoms. The lowest BCUT2D eigenvalue weighted by Gasteiger charge is -2.37. The number of nitrogens with zero attached hydrogens (tertiary/aromatic N) is 2. The summed E-state index contributed by atoms with van der Waals surface area (Å²) in [7, 11) is 3.20. The van der Waals surface area contributed by atoms with E-state index in [0.717, 1.165) is 49.7 Å². The van der Waals surface area contributed by atoms with Crippen molar-refractivity contribution < 1.29 is 19.0 Å². The van der Waals surface area contributed by atoms with Crippen molar-refractivity contribution in [2.45, 2.75) is 32.4 Å². The summed E-state index contributed by atoms with van der Waals surface area (Å²) in [5, 5.41) is 3.14. The number of hydrogen-bond donors (Lipinski definition) is 1. The maximum atomic E-state index is 12.3. The first kappa shape index (κ1) is 25.9. The van der Waals surface area contributed by atoms with Gasteiger partial charge in [0, 0.05) is 26.4 Å². The average molecular weight is 464 g/mol. The summed E-state index contributed by atoms with van der Waals surface area (Å²) in [6.45, 7) is 5.33. The van der Waals surface area contributed by atoms with Crippen molar-refractivity contribution in [2.24, 2.45) is 5.92 Å². The number of amides is 1. The Labute approximate surface area is 196 Å². The zero-order chi connectivity index (χ0) is 22.1. The first-order valence-electron chi connectivity index (χ1n) is 10.9. The predicted octanol–water partition coefficient (Wildman–Crippen LogP) is 3.63. The van der Waals surface area contributed by atoms with E-state index in [2.05, 4.69) is 21.3 Å². The van der Waals surface area contributed by atoms with Crippen molar-refractivity contribution in [3.63, 3.8) is 0 Å². The summed E-state index contributed by atoms with van der Waals surface area (Å²) in [5.74, 6) is 1.67. The topological polar surface area (TPSA) is 72.9 Å². The third-order valence-electron chi connectivity index (χ3n) is 5.55. The molecule has 0 bridgehead atoms. The Morgan fingerprint density at radius 1 is 1.25 bits per heavy atom. The van der Waals surface area contributed by atoms with Crippen LogP contribution < -0.4 is 14.8 Å². The number of rotatable bonds is 10. The Hall–Kier alpha value is -2.35. The number of aromatic nitrogens is 1. The molecule has 176 valence electrons. The van der Waals surface area contributed by atoms with Crippen LogP contribution in [0.15, 0.2) is 42.6 Å². The summed E-state index contributed by atoms with van der Waals surface area (Å²) >= 11 is 0. The van der Waals surface area contributed by atoms with Crippen molar-refractivity contribution in [3.05, 3.63) is 53.9 Å². The highest BCUT2D eigenvalue weighted by Crippen LogP contribution is 2.32. The van der Waals surface area contributed by atoms with Gasteiger partial charge in [0.15, 0.2) is 11.5 Å². The van der Waals surface area contributed by atoms with Crippen LogP contribution >= 0.6 is 12.4 Å². The van der Waals surface area contributed by atoms with Gasteiger partial charge in [0.2, 0.25) is 5.91 Å². The molecule has 0 saturated carbocycles. The fraction of sp³-hybridized carbons (Fsp3) is 0.500. The molecular weight excluding hydrogens is 430 g/mol. The molecule has 32 heavy (non-hydrogen) atoms. The van der Waals surface area contributed by atoms with E-state index in [1.807, 2.05) is 37.3 Å². The third kappa shape index (κ3) is 7.08. The number of likely N-dealkylation sites (tertiary alicyclic amines) is 1. The molecule has 2 heterocycles. The molecule has 1 aromatic carbocycles. The predicted molar refractivity (Wildman–Crippen MR) is 126 cm³/mol. The largest absolute Gasteiger partial charge is 0.493 e. The van der Waals surface area contributed by atoms with Crippen LogP contribution in [-0.4, -0.2) is 56.3 Å². The van der Waals surface area contributed by atoms with Gasteiger partial charge >= 0.3 is 0 Å². The van der Waals surface area contributed by atoms with Crippen LogP contribution in [0.2, 0.25) is 0 Å². The smallest absolute Gasteiger partial charge is 0.246 e.